The zero-order valence-corrected chi connectivity index (χ0v) is 10.9. The molecule has 2 rings (SSSR count). The second-order valence-electron chi connectivity index (χ2n) is 5.82. The monoisotopic (exact) mass is 248 g/mol. The zero-order chi connectivity index (χ0) is 13.3. The number of anilines is 2. The number of nitrogen functional groups attached to an aromatic ring is 1. The van der Waals surface area contributed by atoms with Crippen molar-refractivity contribution in [3.63, 3.8) is 0 Å². The maximum Gasteiger partial charge on any atom is 0.337 e. The molecule has 0 aromatic heterocycles. The van der Waals surface area contributed by atoms with Crippen LogP contribution in [-0.2, 0) is 0 Å². The van der Waals surface area contributed by atoms with Crippen LogP contribution in [0.1, 0.15) is 43.5 Å². The predicted molar refractivity (Wildman–Crippen MR) is 72.9 cm³/mol. The van der Waals surface area contributed by atoms with E-state index < -0.39 is 5.97 Å². The first kappa shape index (κ1) is 12.7. The SMILES string of the molecule is CC1(C)CCC(Nc2c(N)cccc2C(=O)O)C1. The van der Waals surface area contributed by atoms with E-state index in [1.54, 1.807) is 18.2 Å². The molecule has 0 bridgehead atoms. The van der Waals surface area contributed by atoms with Gasteiger partial charge in [0.1, 0.15) is 0 Å². The lowest BCUT2D eigenvalue weighted by Gasteiger charge is -2.20. The highest BCUT2D eigenvalue weighted by atomic mass is 16.4. The van der Waals surface area contributed by atoms with Gasteiger partial charge < -0.3 is 16.2 Å². The summed E-state index contributed by atoms with van der Waals surface area (Å²) < 4.78 is 0. The molecule has 18 heavy (non-hydrogen) atoms. The minimum Gasteiger partial charge on any atom is -0.478 e. The largest absolute Gasteiger partial charge is 0.478 e. The second-order valence-corrected chi connectivity index (χ2v) is 5.82. The number of para-hydroxylation sites is 1. The van der Waals surface area contributed by atoms with Gasteiger partial charge >= 0.3 is 5.97 Å². The number of aromatic carboxylic acids is 1. The number of benzene rings is 1. The fourth-order valence-electron chi connectivity index (χ4n) is 2.67. The van der Waals surface area contributed by atoms with Gasteiger partial charge in [-0.1, -0.05) is 19.9 Å². The summed E-state index contributed by atoms with van der Waals surface area (Å²) in [6.07, 6.45) is 3.25. The summed E-state index contributed by atoms with van der Waals surface area (Å²) in [5.41, 5.74) is 7.52. The Morgan fingerprint density at radius 2 is 2.22 bits per heavy atom. The van der Waals surface area contributed by atoms with Gasteiger partial charge in [0, 0.05) is 6.04 Å². The van der Waals surface area contributed by atoms with Crippen LogP contribution in [0.25, 0.3) is 0 Å². The van der Waals surface area contributed by atoms with Crippen molar-refractivity contribution in [2.75, 3.05) is 11.1 Å². The number of carboxylic acids is 1. The molecule has 0 spiro atoms. The molecule has 1 aromatic carbocycles. The molecule has 0 aliphatic heterocycles. The maximum atomic E-state index is 11.2. The number of carbonyl (C=O) groups is 1. The number of hydrogen-bond donors (Lipinski definition) is 3. The van der Waals surface area contributed by atoms with Crippen LogP contribution in [0.5, 0.6) is 0 Å². The molecule has 1 saturated carbocycles. The van der Waals surface area contributed by atoms with Gasteiger partial charge in [0.2, 0.25) is 0 Å². The Morgan fingerprint density at radius 3 is 2.78 bits per heavy atom. The fraction of sp³-hybridized carbons (Fsp3) is 0.500. The van der Waals surface area contributed by atoms with E-state index >= 15 is 0 Å². The Kier molecular flexibility index (Phi) is 3.20. The van der Waals surface area contributed by atoms with E-state index in [4.69, 9.17) is 5.73 Å². The molecule has 1 fully saturated rings. The Morgan fingerprint density at radius 1 is 1.50 bits per heavy atom. The molecule has 1 aliphatic carbocycles. The Balaban J connectivity index is 2.21. The Labute approximate surface area is 107 Å². The van der Waals surface area contributed by atoms with Gasteiger partial charge in [-0.05, 0) is 36.8 Å². The van der Waals surface area contributed by atoms with E-state index in [0.717, 1.165) is 19.3 Å². The minimum absolute atomic E-state index is 0.250. The van der Waals surface area contributed by atoms with Crippen molar-refractivity contribution in [3.8, 4) is 0 Å². The van der Waals surface area contributed by atoms with Gasteiger partial charge in [0.05, 0.1) is 16.9 Å². The molecule has 0 amide bonds. The summed E-state index contributed by atoms with van der Waals surface area (Å²) in [5, 5.41) is 12.5. The maximum absolute atomic E-state index is 11.2. The zero-order valence-electron chi connectivity index (χ0n) is 10.9. The average Bonchev–Trinajstić information content (AvgIpc) is 2.61. The average molecular weight is 248 g/mol. The van der Waals surface area contributed by atoms with Crippen molar-refractivity contribution < 1.29 is 9.90 Å². The lowest BCUT2D eigenvalue weighted by molar-refractivity contribution is 0.0698. The molecule has 1 atom stereocenters. The van der Waals surface area contributed by atoms with E-state index in [1.165, 1.54) is 0 Å². The topological polar surface area (TPSA) is 75.3 Å². The van der Waals surface area contributed by atoms with Crippen LogP contribution in [0.4, 0.5) is 11.4 Å². The second kappa shape index (κ2) is 4.52. The first-order chi connectivity index (χ1) is 8.39. The number of carboxylic acid groups (broad SMARTS) is 1. The van der Waals surface area contributed by atoms with Crippen molar-refractivity contribution in [2.45, 2.75) is 39.2 Å². The van der Waals surface area contributed by atoms with Crippen LogP contribution >= 0.6 is 0 Å². The van der Waals surface area contributed by atoms with Crippen molar-refractivity contribution in [1.29, 1.82) is 0 Å². The molecule has 4 heteroatoms. The number of rotatable bonds is 3. The quantitative estimate of drug-likeness (QED) is 0.719. The van der Waals surface area contributed by atoms with Gasteiger partial charge in [-0.25, -0.2) is 4.79 Å². The van der Waals surface area contributed by atoms with E-state index in [2.05, 4.69) is 19.2 Å². The molecule has 1 aromatic rings. The van der Waals surface area contributed by atoms with Crippen LogP contribution in [0, 0.1) is 5.41 Å². The fourth-order valence-corrected chi connectivity index (χ4v) is 2.67. The van der Waals surface area contributed by atoms with E-state index in [-0.39, 0.29) is 5.56 Å². The van der Waals surface area contributed by atoms with Crippen LogP contribution in [0.2, 0.25) is 0 Å². The van der Waals surface area contributed by atoms with Crippen LogP contribution in [0.15, 0.2) is 18.2 Å². The molecule has 98 valence electrons. The number of nitrogens with one attached hydrogen (secondary N) is 1. The standard InChI is InChI=1S/C14H20N2O2/c1-14(2)7-6-9(8-14)16-12-10(13(17)18)4-3-5-11(12)15/h3-5,9,16H,6-8,15H2,1-2H3,(H,17,18). The number of hydrogen-bond acceptors (Lipinski definition) is 3. The molecular weight excluding hydrogens is 228 g/mol. The summed E-state index contributed by atoms with van der Waals surface area (Å²) in [6, 6.07) is 5.29. The lowest BCUT2D eigenvalue weighted by atomic mass is 9.92. The molecule has 1 unspecified atom stereocenters. The molecule has 0 radical (unpaired) electrons. The summed E-state index contributed by atoms with van der Waals surface area (Å²) in [6.45, 7) is 4.47. The van der Waals surface area contributed by atoms with Gasteiger partial charge in [0.15, 0.2) is 0 Å². The normalized spacial score (nSPS) is 21.8. The molecule has 1 aliphatic rings. The van der Waals surface area contributed by atoms with Crippen molar-refractivity contribution >= 4 is 17.3 Å². The summed E-state index contributed by atoms with van der Waals surface area (Å²) in [4.78, 5) is 11.2. The van der Waals surface area contributed by atoms with Gasteiger partial charge in [-0.15, -0.1) is 0 Å². The molecule has 4 nitrogen and oxygen atoms in total. The van der Waals surface area contributed by atoms with Crippen molar-refractivity contribution in [2.24, 2.45) is 5.41 Å². The highest BCUT2D eigenvalue weighted by Crippen LogP contribution is 2.39. The Hall–Kier alpha value is -1.71. The first-order valence-electron chi connectivity index (χ1n) is 6.27. The highest BCUT2D eigenvalue weighted by Gasteiger charge is 2.31. The van der Waals surface area contributed by atoms with E-state index in [0.29, 0.717) is 22.8 Å². The van der Waals surface area contributed by atoms with Crippen LogP contribution in [0.3, 0.4) is 0 Å². The number of nitrogens with two attached hydrogens (primary N) is 1. The van der Waals surface area contributed by atoms with Crippen LogP contribution in [-0.4, -0.2) is 17.1 Å². The Bertz CT molecular complexity index is 469. The highest BCUT2D eigenvalue weighted by molar-refractivity contribution is 5.97. The molecule has 0 saturated heterocycles. The first-order valence-corrected chi connectivity index (χ1v) is 6.27. The third-order valence-electron chi connectivity index (χ3n) is 3.64. The summed E-state index contributed by atoms with van der Waals surface area (Å²) >= 11 is 0. The smallest absolute Gasteiger partial charge is 0.337 e. The molecular formula is C14H20N2O2. The molecule has 0 heterocycles. The lowest BCUT2D eigenvalue weighted by Crippen LogP contribution is -2.20. The third kappa shape index (κ3) is 2.58. The van der Waals surface area contributed by atoms with Crippen LogP contribution < -0.4 is 11.1 Å². The summed E-state index contributed by atoms with van der Waals surface area (Å²) in [5.74, 6) is -0.943. The summed E-state index contributed by atoms with van der Waals surface area (Å²) in [7, 11) is 0. The van der Waals surface area contributed by atoms with E-state index in [1.807, 2.05) is 0 Å². The predicted octanol–water partition coefficient (Wildman–Crippen LogP) is 2.96. The third-order valence-corrected chi connectivity index (χ3v) is 3.64. The van der Waals surface area contributed by atoms with Gasteiger partial charge in [-0.2, -0.15) is 0 Å². The minimum atomic E-state index is -0.943. The van der Waals surface area contributed by atoms with Crippen molar-refractivity contribution in [1.82, 2.24) is 0 Å². The van der Waals surface area contributed by atoms with Gasteiger partial charge in [-0.3, -0.25) is 0 Å². The van der Waals surface area contributed by atoms with E-state index in [9.17, 15) is 9.90 Å². The van der Waals surface area contributed by atoms with Crippen molar-refractivity contribution in [3.05, 3.63) is 23.8 Å². The molecule has 4 N–H and O–H groups in total. The van der Waals surface area contributed by atoms with Gasteiger partial charge in [0.25, 0.3) is 0 Å².